The average molecular weight is 819 g/mol. The summed E-state index contributed by atoms with van der Waals surface area (Å²) in [4.78, 5) is 68.1. The van der Waals surface area contributed by atoms with Crippen LogP contribution >= 0.6 is 0 Å². The number of hydrogen-bond acceptors (Lipinski definition) is 10. The first-order valence-electron chi connectivity index (χ1n) is 19.9. The fourth-order valence-corrected chi connectivity index (χ4v) is 6.29. The van der Waals surface area contributed by atoms with Gasteiger partial charge in [0.1, 0.15) is 5.60 Å². The third kappa shape index (κ3) is 18.6. The molecule has 3 aromatic carbocycles. The van der Waals surface area contributed by atoms with E-state index in [9.17, 15) is 29.1 Å². The highest BCUT2D eigenvalue weighted by Crippen LogP contribution is 2.26. The summed E-state index contributed by atoms with van der Waals surface area (Å²) >= 11 is 0. The third-order valence-electron chi connectivity index (χ3n) is 9.42. The number of anilines is 1. The third-order valence-corrected chi connectivity index (χ3v) is 9.42. The van der Waals surface area contributed by atoms with E-state index in [0.29, 0.717) is 42.7 Å². The Labute approximate surface area is 349 Å². The molecule has 3 aromatic rings. The summed E-state index contributed by atoms with van der Waals surface area (Å²) < 4.78 is 0. The van der Waals surface area contributed by atoms with Crippen LogP contribution in [0, 0.1) is 0 Å². The van der Waals surface area contributed by atoms with E-state index in [4.69, 9.17) is 16.4 Å². The Balaban J connectivity index is 0.000000522. The van der Waals surface area contributed by atoms with Gasteiger partial charge >= 0.3 is 0 Å². The number of fused-ring (bicyclic) bond motifs is 1. The lowest BCUT2D eigenvalue weighted by Gasteiger charge is -2.34. The molecular weight excluding hydrogens is 753 g/mol. The minimum absolute atomic E-state index is 0.0537. The van der Waals surface area contributed by atoms with Crippen LogP contribution in [0.4, 0.5) is 5.69 Å². The van der Waals surface area contributed by atoms with Gasteiger partial charge in [-0.15, -0.1) is 0 Å². The van der Waals surface area contributed by atoms with E-state index in [1.165, 1.54) is 57.2 Å². The predicted molar refractivity (Wildman–Crippen MR) is 233 cm³/mol. The summed E-state index contributed by atoms with van der Waals surface area (Å²) in [7, 11) is 0. The number of carbonyl (C=O) groups is 6. The van der Waals surface area contributed by atoms with Crippen LogP contribution in [0.15, 0.2) is 78.6 Å². The first-order valence-corrected chi connectivity index (χ1v) is 19.9. The number of nitrogens with two attached hydrogens (primary N) is 3. The van der Waals surface area contributed by atoms with Gasteiger partial charge < -0.3 is 42.4 Å². The van der Waals surface area contributed by atoms with Crippen molar-refractivity contribution in [1.82, 2.24) is 20.5 Å². The van der Waals surface area contributed by atoms with Crippen LogP contribution in [0.3, 0.4) is 0 Å². The highest BCUT2D eigenvalue weighted by Gasteiger charge is 2.38. The maximum atomic E-state index is 12.8. The van der Waals surface area contributed by atoms with Crippen LogP contribution in [0.25, 0.3) is 10.8 Å². The van der Waals surface area contributed by atoms with Crippen molar-refractivity contribution in [2.75, 3.05) is 18.4 Å². The molecule has 1 saturated heterocycles. The fraction of sp³-hybridized carbons (Fsp3) is 0.455. The van der Waals surface area contributed by atoms with Crippen molar-refractivity contribution in [3.8, 4) is 0 Å². The Kier molecular flexibility index (Phi) is 23.4. The summed E-state index contributed by atoms with van der Waals surface area (Å²) in [6, 6.07) is 19.6. The van der Waals surface area contributed by atoms with Gasteiger partial charge in [0.25, 0.3) is 5.91 Å². The minimum Gasteiger partial charge on any atom is -0.403 e. The number of nitrogens with one attached hydrogen (secondary N) is 3. The molecule has 10 N–H and O–H groups in total. The number of hydrazine groups is 1. The summed E-state index contributed by atoms with van der Waals surface area (Å²) in [5.74, 6) is 5.51. The van der Waals surface area contributed by atoms with Gasteiger partial charge in [0.2, 0.25) is 24.6 Å². The molecule has 324 valence electrons. The van der Waals surface area contributed by atoms with Crippen LogP contribution in [0.2, 0.25) is 0 Å². The van der Waals surface area contributed by atoms with Crippen molar-refractivity contribution >= 4 is 52.8 Å². The molecule has 1 aliphatic heterocycles. The van der Waals surface area contributed by atoms with Crippen molar-refractivity contribution in [2.45, 2.75) is 117 Å². The van der Waals surface area contributed by atoms with Crippen LogP contribution in [0.5, 0.6) is 0 Å². The van der Waals surface area contributed by atoms with Gasteiger partial charge in [-0.2, -0.15) is 0 Å². The van der Waals surface area contributed by atoms with Gasteiger partial charge in [-0.25, -0.2) is 5.84 Å². The highest BCUT2D eigenvalue weighted by atomic mass is 16.3. The Morgan fingerprint density at radius 1 is 0.932 bits per heavy atom. The van der Waals surface area contributed by atoms with Crippen molar-refractivity contribution < 1.29 is 33.9 Å². The van der Waals surface area contributed by atoms with E-state index in [1.807, 2.05) is 55.5 Å². The summed E-state index contributed by atoms with van der Waals surface area (Å²) in [6.45, 7) is 12.8. The lowest BCUT2D eigenvalue weighted by molar-refractivity contribution is -0.130. The number of benzene rings is 3. The van der Waals surface area contributed by atoms with E-state index in [-0.39, 0.29) is 48.5 Å². The molecule has 5 amide bonds. The normalized spacial score (nSPS) is 15.1. The molecule has 1 aliphatic rings. The topological polar surface area (TPSA) is 243 Å². The van der Waals surface area contributed by atoms with Crippen LogP contribution < -0.4 is 33.3 Å². The first kappa shape index (κ1) is 51.2. The smallest absolute Gasteiger partial charge is 0.251 e. The van der Waals surface area contributed by atoms with Crippen LogP contribution in [-0.4, -0.2) is 88.2 Å². The number of likely N-dealkylation sites (tertiary alicyclic amines) is 1. The Hall–Kier alpha value is -5.80. The summed E-state index contributed by atoms with van der Waals surface area (Å²) in [5, 5.41) is 21.6. The highest BCUT2D eigenvalue weighted by molar-refractivity contribution is 6.00. The second-order valence-corrected chi connectivity index (χ2v) is 14.8. The number of rotatable bonds is 16. The van der Waals surface area contributed by atoms with Gasteiger partial charge in [-0.1, -0.05) is 88.4 Å². The maximum absolute atomic E-state index is 12.8. The van der Waals surface area contributed by atoms with E-state index < -0.39 is 11.6 Å². The zero-order valence-electron chi connectivity index (χ0n) is 35.7. The maximum Gasteiger partial charge on any atom is 0.251 e. The molecule has 15 heteroatoms. The molecule has 1 fully saturated rings. The van der Waals surface area contributed by atoms with E-state index in [0.717, 1.165) is 16.3 Å². The number of primary amides is 1. The number of amides is 5. The zero-order valence-corrected chi connectivity index (χ0v) is 35.7. The Morgan fingerprint density at radius 3 is 2.03 bits per heavy atom. The van der Waals surface area contributed by atoms with E-state index in [2.05, 4.69) is 35.5 Å². The molecule has 59 heavy (non-hydrogen) atoms. The number of nitrogens with zero attached hydrogens (tertiary/aromatic N) is 2. The van der Waals surface area contributed by atoms with E-state index >= 15 is 0 Å². The molecule has 0 radical (unpaired) electrons. The quantitative estimate of drug-likeness (QED) is 0.0468. The molecular formula is C44H66N8O7. The second kappa shape index (κ2) is 27.0. The molecule has 0 aromatic heterocycles. The summed E-state index contributed by atoms with van der Waals surface area (Å²) in [5.41, 5.74) is 11.1. The lowest BCUT2D eigenvalue weighted by Crippen LogP contribution is -2.49. The second-order valence-electron chi connectivity index (χ2n) is 14.8. The zero-order chi connectivity index (χ0) is 44.5. The number of ketones is 1. The molecule has 15 nitrogen and oxygen atoms in total. The Bertz CT molecular complexity index is 1810. The lowest BCUT2D eigenvalue weighted by atomic mass is 10.0. The monoisotopic (exact) mass is 819 g/mol. The fourth-order valence-electron chi connectivity index (χ4n) is 6.29. The van der Waals surface area contributed by atoms with Crippen molar-refractivity contribution in [2.24, 2.45) is 17.3 Å². The Morgan fingerprint density at radius 2 is 1.53 bits per heavy atom. The molecule has 1 heterocycles. The van der Waals surface area contributed by atoms with Crippen LogP contribution in [-0.2, 0) is 30.4 Å². The number of aliphatic hydroxyl groups is 1. The predicted octanol–water partition coefficient (Wildman–Crippen LogP) is 4.28. The molecule has 0 spiro atoms. The number of Topliss-reactive ketones (excluding diaryl/α,β-unsaturated/α-hetero) is 1. The van der Waals surface area contributed by atoms with E-state index in [1.54, 1.807) is 36.9 Å². The van der Waals surface area contributed by atoms with Gasteiger partial charge in [0, 0.05) is 37.0 Å². The SMILES string of the molecule is CC(=O)Nc1ccc(CC(NC=O)C(C)=O)cc1.CC1CC(N(N)/C(=C\N)C(C)(C)O)CN1C(=O)CNC(=O)c1ccc2ccccc2c1.CCCCCCC.NC=O. The molecule has 4 rings (SSSR count). The molecule has 0 aliphatic carbocycles. The number of hydrogen-bond donors (Lipinski definition) is 7. The van der Waals surface area contributed by atoms with Crippen molar-refractivity contribution in [3.05, 3.63) is 89.8 Å². The average Bonchev–Trinajstić information content (AvgIpc) is 3.59. The number of unbranched alkanes of at least 4 members (excludes halogenated alkanes) is 4. The van der Waals surface area contributed by atoms with Gasteiger partial charge in [0.05, 0.1) is 24.3 Å². The van der Waals surface area contributed by atoms with Gasteiger partial charge in [-0.05, 0) is 81.1 Å². The molecule has 0 saturated carbocycles. The van der Waals surface area contributed by atoms with Gasteiger partial charge in [-0.3, -0.25) is 28.8 Å². The number of carbonyl (C=O) groups excluding carboxylic acids is 6. The van der Waals surface area contributed by atoms with Gasteiger partial charge in [0.15, 0.2) is 5.78 Å². The van der Waals surface area contributed by atoms with Crippen LogP contribution in [0.1, 0.15) is 103 Å². The standard InChI is InChI=1S/C23H31N5O3.C13H16N2O3.C7H16.CH3NO/c1-15-10-19(28(25)20(12-24)23(2,3)31)14-27(15)21(29)13-26-22(30)18-9-8-16-6-4-5-7-17(16)11-18;1-9(17)13(14-8-16)7-11-3-5-12(6-4-11)15-10(2)18;1-3-5-7-6-4-2;2-1-3/h4-9,11-12,15,19,31H,10,13-14,24-25H2,1-3H3,(H,26,30);3-6,8,13H,7H2,1-2H3,(H,14,16)(H,15,18);3-7H2,1-2H3;1H,(H2,2,3)/b20-12-;;;. The van der Waals surface area contributed by atoms with Crippen molar-refractivity contribution in [1.29, 1.82) is 0 Å². The molecule has 3 unspecified atom stereocenters. The largest absolute Gasteiger partial charge is 0.403 e. The van der Waals surface area contributed by atoms with Crippen molar-refractivity contribution in [3.63, 3.8) is 0 Å². The molecule has 0 bridgehead atoms. The summed E-state index contributed by atoms with van der Waals surface area (Å²) in [6.07, 6.45) is 10.1. The minimum atomic E-state index is -1.20. The molecule has 3 atom stereocenters. The first-order chi connectivity index (χ1) is 28.0.